The number of allylic oxidation sites excluding steroid dienone is 6. The third-order valence-electron chi connectivity index (χ3n) is 1.72. The minimum Gasteiger partial charge on any atom is -0.286 e. The van der Waals surface area contributed by atoms with Crippen molar-refractivity contribution in [3.63, 3.8) is 0 Å². The number of nitro groups is 1. The van der Waals surface area contributed by atoms with Gasteiger partial charge in [-0.05, 0) is 38.5 Å². The molecular weight excluding hydrogens is 266 g/mol. The standard InChI is InChI=1S/C8H11NO2.C6H10N2.C2H6/c1-4-7(3)6-8(5-2)9(10)11;1-3-5-6-8-7-4-2;1-2/h4-6H,1H2,2-3H3;3-7H,2H2,1H3;1-2H3/b7-6-,8-5+;5-3-,8-6+;. The van der Waals surface area contributed by atoms with E-state index in [2.05, 4.69) is 23.7 Å². The molecule has 0 amide bonds. The third-order valence-corrected chi connectivity index (χ3v) is 1.72. The fraction of sp³-hybridized carbons (Fsp3) is 0.312. The van der Waals surface area contributed by atoms with Crippen molar-refractivity contribution in [1.29, 1.82) is 0 Å². The molecule has 0 saturated carbocycles. The smallest absolute Gasteiger partial charge is 0.265 e. The minimum absolute atomic E-state index is 0.0994. The molecule has 0 bridgehead atoms. The Labute approximate surface area is 128 Å². The Bertz CT molecular complexity index is 406. The second-order valence-electron chi connectivity index (χ2n) is 3.20. The lowest BCUT2D eigenvalue weighted by molar-refractivity contribution is -0.419. The van der Waals surface area contributed by atoms with Gasteiger partial charge in [0.1, 0.15) is 0 Å². The number of nitrogens with zero attached hydrogens (tertiary/aromatic N) is 2. The van der Waals surface area contributed by atoms with Gasteiger partial charge >= 0.3 is 0 Å². The fourth-order valence-electron chi connectivity index (χ4n) is 0.758. The quantitative estimate of drug-likeness (QED) is 0.336. The van der Waals surface area contributed by atoms with Crippen LogP contribution in [-0.2, 0) is 0 Å². The van der Waals surface area contributed by atoms with E-state index in [9.17, 15) is 10.1 Å². The predicted molar refractivity (Wildman–Crippen MR) is 92.7 cm³/mol. The first-order valence-electron chi connectivity index (χ1n) is 6.65. The van der Waals surface area contributed by atoms with Gasteiger partial charge in [-0.25, -0.2) is 0 Å². The van der Waals surface area contributed by atoms with Crippen LogP contribution in [0.25, 0.3) is 0 Å². The van der Waals surface area contributed by atoms with E-state index in [1.807, 2.05) is 32.9 Å². The topological polar surface area (TPSA) is 67.5 Å². The lowest BCUT2D eigenvalue weighted by Gasteiger charge is -1.90. The molecular formula is C16H27N3O2. The van der Waals surface area contributed by atoms with Crippen molar-refractivity contribution in [2.75, 3.05) is 0 Å². The Hall–Kier alpha value is -2.43. The molecule has 1 N–H and O–H groups in total. The highest BCUT2D eigenvalue weighted by Crippen LogP contribution is 2.03. The molecule has 0 heterocycles. The highest BCUT2D eigenvalue weighted by molar-refractivity contribution is 5.70. The number of rotatable bonds is 6. The van der Waals surface area contributed by atoms with E-state index in [4.69, 9.17) is 0 Å². The highest BCUT2D eigenvalue weighted by atomic mass is 16.6. The van der Waals surface area contributed by atoms with Crippen LogP contribution in [0.15, 0.2) is 66.1 Å². The van der Waals surface area contributed by atoms with Gasteiger partial charge in [-0.2, -0.15) is 5.10 Å². The number of hydrogen-bond donors (Lipinski definition) is 1. The molecule has 0 spiro atoms. The van der Waals surface area contributed by atoms with Crippen molar-refractivity contribution in [2.45, 2.75) is 34.6 Å². The van der Waals surface area contributed by atoms with Crippen LogP contribution in [0.1, 0.15) is 34.6 Å². The average molecular weight is 293 g/mol. The lowest BCUT2D eigenvalue weighted by atomic mass is 10.2. The van der Waals surface area contributed by atoms with E-state index >= 15 is 0 Å². The summed E-state index contributed by atoms with van der Waals surface area (Å²) in [5, 5.41) is 13.9. The minimum atomic E-state index is -0.424. The van der Waals surface area contributed by atoms with Gasteiger partial charge in [0, 0.05) is 18.5 Å². The van der Waals surface area contributed by atoms with E-state index in [1.165, 1.54) is 18.4 Å². The van der Waals surface area contributed by atoms with Crippen LogP contribution in [0.2, 0.25) is 0 Å². The van der Waals surface area contributed by atoms with Crippen LogP contribution < -0.4 is 5.43 Å². The zero-order chi connectivity index (χ0) is 17.1. The van der Waals surface area contributed by atoms with Crippen LogP contribution in [-0.4, -0.2) is 11.1 Å². The summed E-state index contributed by atoms with van der Waals surface area (Å²) >= 11 is 0. The van der Waals surface area contributed by atoms with Crippen LogP contribution in [0.5, 0.6) is 0 Å². The molecule has 0 aromatic rings. The summed E-state index contributed by atoms with van der Waals surface area (Å²) in [6, 6.07) is 0. The summed E-state index contributed by atoms with van der Waals surface area (Å²) in [6.45, 7) is 16.2. The van der Waals surface area contributed by atoms with Crippen molar-refractivity contribution in [3.05, 3.63) is 71.1 Å². The molecule has 0 fully saturated rings. The van der Waals surface area contributed by atoms with E-state index in [0.717, 1.165) is 5.57 Å². The second kappa shape index (κ2) is 19.9. The van der Waals surface area contributed by atoms with Crippen molar-refractivity contribution in [1.82, 2.24) is 5.43 Å². The summed E-state index contributed by atoms with van der Waals surface area (Å²) in [5.74, 6) is 0. The first-order chi connectivity index (χ1) is 10.0. The number of nitrogens with one attached hydrogen (secondary N) is 1. The highest BCUT2D eigenvalue weighted by Gasteiger charge is 2.02. The van der Waals surface area contributed by atoms with Gasteiger partial charge in [0.25, 0.3) is 5.70 Å². The molecule has 21 heavy (non-hydrogen) atoms. The SMILES string of the molecule is C=C/C(C)=C\C(=C/C)[N+](=O)[O-].C=CN/N=C/C=C\C.CC. The van der Waals surface area contributed by atoms with Gasteiger partial charge in [-0.1, -0.05) is 39.2 Å². The third kappa shape index (κ3) is 20.1. The van der Waals surface area contributed by atoms with Crippen molar-refractivity contribution in [2.24, 2.45) is 5.10 Å². The Morgan fingerprint density at radius 2 is 1.86 bits per heavy atom. The summed E-state index contributed by atoms with van der Waals surface area (Å²) < 4.78 is 0. The fourth-order valence-corrected chi connectivity index (χ4v) is 0.758. The van der Waals surface area contributed by atoms with Crippen LogP contribution in [0.3, 0.4) is 0 Å². The summed E-state index contributed by atoms with van der Waals surface area (Å²) in [5.41, 5.74) is 3.45. The Kier molecular flexibility index (Phi) is 22.4. The molecule has 0 aliphatic rings. The van der Waals surface area contributed by atoms with Gasteiger partial charge in [0.05, 0.1) is 4.92 Å². The molecule has 0 aromatic carbocycles. The molecule has 118 valence electrons. The lowest BCUT2D eigenvalue weighted by Crippen LogP contribution is -1.94. The maximum absolute atomic E-state index is 10.2. The Morgan fingerprint density at radius 3 is 2.19 bits per heavy atom. The first kappa shape index (κ1) is 23.6. The molecule has 5 heteroatoms. The molecule has 0 rings (SSSR count). The summed E-state index contributed by atoms with van der Waals surface area (Å²) in [6.07, 6.45) is 11.4. The second-order valence-corrected chi connectivity index (χ2v) is 3.20. The molecule has 0 radical (unpaired) electrons. The van der Waals surface area contributed by atoms with Crippen LogP contribution in [0.4, 0.5) is 0 Å². The zero-order valence-electron chi connectivity index (χ0n) is 13.7. The number of hydrogen-bond acceptors (Lipinski definition) is 4. The van der Waals surface area contributed by atoms with Crippen LogP contribution in [0, 0.1) is 10.1 Å². The van der Waals surface area contributed by atoms with Gasteiger partial charge in [-0.15, -0.1) is 0 Å². The zero-order valence-corrected chi connectivity index (χ0v) is 13.7. The Balaban J connectivity index is -0.000000286. The largest absolute Gasteiger partial charge is 0.286 e. The number of hydrazone groups is 1. The molecule has 0 atom stereocenters. The van der Waals surface area contributed by atoms with E-state index in [0.29, 0.717) is 0 Å². The molecule has 0 aromatic heterocycles. The van der Waals surface area contributed by atoms with Gasteiger partial charge in [-0.3, -0.25) is 15.5 Å². The van der Waals surface area contributed by atoms with Gasteiger partial charge < -0.3 is 0 Å². The van der Waals surface area contributed by atoms with Crippen LogP contribution >= 0.6 is 0 Å². The van der Waals surface area contributed by atoms with E-state index < -0.39 is 4.92 Å². The monoisotopic (exact) mass is 293 g/mol. The average Bonchev–Trinajstić information content (AvgIpc) is 2.51. The first-order valence-corrected chi connectivity index (χ1v) is 6.65. The van der Waals surface area contributed by atoms with E-state index in [-0.39, 0.29) is 5.70 Å². The summed E-state index contributed by atoms with van der Waals surface area (Å²) in [7, 11) is 0. The van der Waals surface area contributed by atoms with Gasteiger partial charge in [0.15, 0.2) is 0 Å². The Morgan fingerprint density at radius 1 is 1.29 bits per heavy atom. The maximum atomic E-state index is 10.2. The molecule has 5 nitrogen and oxygen atoms in total. The van der Waals surface area contributed by atoms with Crippen molar-refractivity contribution < 1.29 is 4.92 Å². The maximum Gasteiger partial charge on any atom is 0.265 e. The predicted octanol–water partition coefficient (Wildman–Crippen LogP) is 4.61. The summed E-state index contributed by atoms with van der Waals surface area (Å²) in [4.78, 5) is 9.82. The van der Waals surface area contributed by atoms with Crippen molar-refractivity contribution in [3.8, 4) is 0 Å². The van der Waals surface area contributed by atoms with E-state index in [1.54, 1.807) is 26.1 Å². The normalized spacial score (nSPS) is 11.1. The molecule has 0 unspecified atom stereocenters. The van der Waals surface area contributed by atoms with Crippen molar-refractivity contribution >= 4 is 6.21 Å². The molecule has 0 aliphatic heterocycles. The molecule has 0 saturated heterocycles. The van der Waals surface area contributed by atoms with Gasteiger partial charge in [0.2, 0.25) is 0 Å². The molecule has 0 aliphatic carbocycles.